The largest absolute Gasteiger partial charge is 0.322 e. The van der Waals surface area contributed by atoms with Crippen molar-refractivity contribution < 1.29 is 0 Å². The van der Waals surface area contributed by atoms with Crippen LogP contribution in [0.3, 0.4) is 0 Å². The standard InChI is InChI=1S/C12H14N6.ClH/c1-3-10-16-12(8(2)14)18(17-10)11-5-4-9(6-13)7-15-11;/h4-5,7-8H,3,14H2,1-2H3;1H. The Morgan fingerprint density at radius 1 is 1.47 bits per heavy atom. The zero-order valence-electron chi connectivity index (χ0n) is 10.7. The highest BCUT2D eigenvalue weighted by atomic mass is 35.5. The first-order chi connectivity index (χ1) is 8.65. The molecule has 19 heavy (non-hydrogen) atoms. The number of rotatable bonds is 3. The van der Waals surface area contributed by atoms with Gasteiger partial charge in [-0.15, -0.1) is 17.5 Å². The SMILES string of the molecule is CCc1nc(C(C)N)n(-c2ccc(C#N)cn2)n1.Cl. The molecule has 2 N–H and O–H groups in total. The predicted molar refractivity (Wildman–Crippen MR) is 73.1 cm³/mol. The minimum absolute atomic E-state index is 0. The van der Waals surface area contributed by atoms with Gasteiger partial charge in [-0.2, -0.15) is 9.94 Å². The van der Waals surface area contributed by atoms with E-state index >= 15 is 0 Å². The molecule has 100 valence electrons. The van der Waals surface area contributed by atoms with Gasteiger partial charge < -0.3 is 5.73 Å². The number of halogens is 1. The maximum Gasteiger partial charge on any atom is 0.155 e. The Labute approximate surface area is 117 Å². The average Bonchev–Trinajstić information content (AvgIpc) is 2.83. The van der Waals surface area contributed by atoms with Crippen molar-refractivity contribution in [3.05, 3.63) is 35.5 Å². The van der Waals surface area contributed by atoms with Gasteiger partial charge in [-0.05, 0) is 19.1 Å². The summed E-state index contributed by atoms with van der Waals surface area (Å²) in [6.45, 7) is 3.83. The van der Waals surface area contributed by atoms with Crippen LogP contribution in [0.5, 0.6) is 0 Å². The van der Waals surface area contributed by atoms with Gasteiger partial charge in [0.15, 0.2) is 17.5 Å². The molecule has 1 atom stereocenters. The van der Waals surface area contributed by atoms with Gasteiger partial charge in [0.2, 0.25) is 0 Å². The molecule has 0 spiro atoms. The summed E-state index contributed by atoms with van der Waals surface area (Å²) in [5.74, 6) is 2.02. The maximum absolute atomic E-state index is 8.74. The molecule has 0 saturated heterocycles. The van der Waals surface area contributed by atoms with Gasteiger partial charge >= 0.3 is 0 Å². The zero-order chi connectivity index (χ0) is 13.1. The lowest BCUT2D eigenvalue weighted by molar-refractivity contribution is 0.680. The maximum atomic E-state index is 8.74. The van der Waals surface area contributed by atoms with Crippen LogP contribution in [0.4, 0.5) is 0 Å². The molecular formula is C12H15ClN6. The number of hydrogen-bond acceptors (Lipinski definition) is 5. The van der Waals surface area contributed by atoms with E-state index in [1.807, 2.05) is 19.9 Å². The Hall–Kier alpha value is -1.97. The molecule has 0 aliphatic heterocycles. The van der Waals surface area contributed by atoms with Crippen LogP contribution >= 0.6 is 12.4 Å². The molecular weight excluding hydrogens is 264 g/mol. The number of aryl methyl sites for hydroxylation is 1. The van der Waals surface area contributed by atoms with Crippen LogP contribution in [-0.2, 0) is 6.42 Å². The van der Waals surface area contributed by atoms with Gasteiger partial charge in [0, 0.05) is 12.6 Å². The van der Waals surface area contributed by atoms with E-state index in [2.05, 4.69) is 15.1 Å². The van der Waals surface area contributed by atoms with Gasteiger partial charge in [0.25, 0.3) is 0 Å². The molecule has 2 rings (SSSR count). The summed E-state index contributed by atoms with van der Waals surface area (Å²) in [4.78, 5) is 8.56. The third-order valence-corrected chi connectivity index (χ3v) is 2.49. The summed E-state index contributed by atoms with van der Waals surface area (Å²) in [5.41, 5.74) is 6.38. The third-order valence-electron chi connectivity index (χ3n) is 2.49. The lowest BCUT2D eigenvalue weighted by Gasteiger charge is -2.06. The van der Waals surface area contributed by atoms with E-state index in [9.17, 15) is 0 Å². The fraction of sp³-hybridized carbons (Fsp3) is 0.333. The quantitative estimate of drug-likeness (QED) is 0.919. The Morgan fingerprint density at radius 3 is 2.68 bits per heavy atom. The Kier molecular flexibility index (Phi) is 4.98. The van der Waals surface area contributed by atoms with Crippen molar-refractivity contribution in [2.75, 3.05) is 0 Å². The second-order valence-electron chi connectivity index (χ2n) is 3.96. The molecule has 0 bridgehead atoms. The highest BCUT2D eigenvalue weighted by molar-refractivity contribution is 5.85. The zero-order valence-corrected chi connectivity index (χ0v) is 11.6. The van der Waals surface area contributed by atoms with Crippen LogP contribution in [-0.4, -0.2) is 19.7 Å². The van der Waals surface area contributed by atoms with E-state index in [0.717, 1.165) is 12.2 Å². The molecule has 0 saturated carbocycles. The summed E-state index contributed by atoms with van der Waals surface area (Å²) < 4.78 is 1.63. The van der Waals surface area contributed by atoms with Gasteiger partial charge in [-0.1, -0.05) is 6.92 Å². The van der Waals surface area contributed by atoms with Gasteiger partial charge in [-0.25, -0.2) is 9.97 Å². The first kappa shape index (κ1) is 15.1. The second-order valence-corrected chi connectivity index (χ2v) is 3.96. The van der Waals surface area contributed by atoms with E-state index in [4.69, 9.17) is 11.0 Å². The molecule has 2 aromatic rings. The fourth-order valence-electron chi connectivity index (χ4n) is 1.56. The Bertz CT molecular complexity index is 581. The van der Waals surface area contributed by atoms with Crippen molar-refractivity contribution in [1.29, 1.82) is 5.26 Å². The third kappa shape index (κ3) is 3.08. The topological polar surface area (TPSA) is 93.4 Å². The van der Waals surface area contributed by atoms with Crippen LogP contribution in [0.15, 0.2) is 18.3 Å². The Balaban J connectivity index is 0.00000180. The average molecular weight is 279 g/mol. The number of nitriles is 1. The number of aromatic nitrogens is 4. The molecule has 0 aromatic carbocycles. The molecule has 7 heteroatoms. The first-order valence-corrected chi connectivity index (χ1v) is 5.73. The number of pyridine rings is 1. The Morgan fingerprint density at radius 2 is 2.21 bits per heavy atom. The molecule has 0 amide bonds. The smallest absolute Gasteiger partial charge is 0.155 e. The number of nitrogens with zero attached hydrogens (tertiary/aromatic N) is 5. The molecule has 6 nitrogen and oxygen atoms in total. The van der Waals surface area contributed by atoms with Crippen LogP contribution in [0, 0.1) is 11.3 Å². The molecule has 0 radical (unpaired) electrons. The van der Waals surface area contributed by atoms with Gasteiger partial charge in [0.1, 0.15) is 6.07 Å². The molecule has 0 fully saturated rings. The fourth-order valence-corrected chi connectivity index (χ4v) is 1.56. The van der Waals surface area contributed by atoms with Crippen LogP contribution in [0.25, 0.3) is 5.82 Å². The molecule has 2 aromatic heterocycles. The number of nitrogens with two attached hydrogens (primary N) is 1. The van der Waals surface area contributed by atoms with Gasteiger partial charge in [0.05, 0.1) is 11.6 Å². The summed E-state index contributed by atoms with van der Waals surface area (Å²) in [7, 11) is 0. The summed E-state index contributed by atoms with van der Waals surface area (Å²) >= 11 is 0. The monoisotopic (exact) mass is 278 g/mol. The summed E-state index contributed by atoms with van der Waals surface area (Å²) in [6, 6.07) is 5.23. The van der Waals surface area contributed by atoms with E-state index in [-0.39, 0.29) is 18.4 Å². The summed E-state index contributed by atoms with van der Waals surface area (Å²) in [6.07, 6.45) is 2.25. The minimum atomic E-state index is -0.227. The van der Waals surface area contributed by atoms with Crippen molar-refractivity contribution in [2.24, 2.45) is 5.73 Å². The predicted octanol–water partition coefficient (Wildman–Crippen LogP) is 1.54. The van der Waals surface area contributed by atoms with E-state index in [0.29, 0.717) is 17.2 Å². The number of hydrogen-bond donors (Lipinski definition) is 1. The lowest BCUT2D eigenvalue weighted by atomic mass is 10.3. The van der Waals surface area contributed by atoms with Crippen molar-refractivity contribution in [1.82, 2.24) is 19.7 Å². The minimum Gasteiger partial charge on any atom is -0.322 e. The van der Waals surface area contributed by atoms with Gasteiger partial charge in [-0.3, -0.25) is 0 Å². The highest BCUT2D eigenvalue weighted by Crippen LogP contribution is 2.13. The van der Waals surface area contributed by atoms with E-state index < -0.39 is 0 Å². The van der Waals surface area contributed by atoms with Crippen LogP contribution < -0.4 is 5.73 Å². The highest BCUT2D eigenvalue weighted by Gasteiger charge is 2.14. The van der Waals surface area contributed by atoms with E-state index in [1.165, 1.54) is 6.20 Å². The first-order valence-electron chi connectivity index (χ1n) is 5.73. The molecule has 0 aliphatic carbocycles. The molecule has 1 unspecified atom stereocenters. The van der Waals surface area contributed by atoms with Crippen LogP contribution in [0.2, 0.25) is 0 Å². The van der Waals surface area contributed by atoms with Crippen LogP contribution in [0.1, 0.15) is 37.1 Å². The normalized spacial score (nSPS) is 11.5. The lowest BCUT2D eigenvalue weighted by Crippen LogP contribution is -2.14. The van der Waals surface area contributed by atoms with Crippen molar-refractivity contribution in [2.45, 2.75) is 26.3 Å². The van der Waals surface area contributed by atoms with E-state index in [1.54, 1.807) is 16.8 Å². The second kappa shape index (κ2) is 6.27. The van der Waals surface area contributed by atoms with Crippen molar-refractivity contribution >= 4 is 12.4 Å². The van der Waals surface area contributed by atoms with Crippen molar-refractivity contribution in [3.8, 4) is 11.9 Å². The van der Waals surface area contributed by atoms with Crippen molar-refractivity contribution in [3.63, 3.8) is 0 Å². The molecule has 2 heterocycles. The molecule has 0 aliphatic rings. The summed E-state index contributed by atoms with van der Waals surface area (Å²) in [5, 5.41) is 13.1.